The highest BCUT2D eigenvalue weighted by atomic mass is 127. The van der Waals surface area contributed by atoms with Crippen LogP contribution in [0.4, 0.5) is 0 Å². The van der Waals surface area contributed by atoms with E-state index in [0.717, 1.165) is 42.7 Å². The number of guanidine groups is 1. The van der Waals surface area contributed by atoms with Gasteiger partial charge in [-0.3, -0.25) is 9.89 Å². The summed E-state index contributed by atoms with van der Waals surface area (Å²) in [4.78, 5) is 6.85. The number of hydrogen-bond donors (Lipinski definition) is 2. The van der Waals surface area contributed by atoms with E-state index in [-0.39, 0.29) is 30.1 Å². The Morgan fingerprint density at radius 1 is 1.26 bits per heavy atom. The zero-order chi connectivity index (χ0) is 18.4. The molecule has 1 aromatic rings. The molecule has 3 rings (SSSR count). The van der Waals surface area contributed by atoms with Gasteiger partial charge in [-0.05, 0) is 37.1 Å². The van der Waals surface area contributed by atoms with Crippen molar-refractivity contribution in [2.45, 2.75) is 31.5 Å². The lowest BCUT2D eigenvalue weighted by molar-refractivity contribution is -0.0453. The first-order valence-electron chi connectivity index (χ1n) is 9.24. The van der Waals surface area contributed by atoms with E-state index in [9.17, 15) is 0 Å². The summed E-state index contributed by atoms with van der Waals surface area (Å²) in [5.41, 5.74) is 1.10. The van der Waals surface area contributed by atoms with Gasteiger partial charge in [0.2, 0.25) is 0 Å². The molecule has 0 amide bonds. The van der Waals surface area contributed by atoms with Crippen molar-refractivity contribution in [3.8, 4) is 11.5 Å². The van der Waals surface area contributed by atoms with Gasteiger partial charge in [0, 0.05) is 32.7 Å². The molecule has 2 heterocycles. The number of nitrogens with zero attached hydrogens (tertiary/aromatic N) is 2. The van der Waals surface area contributed by atoms with Crippen molar-refractivity contribution in [3.05, 3.63) is 23.8 Å². The Hall–Kier alpha value is -1.26. The first-order valence-corrected chi connectivity index (χ1v) is 9.24. The number of benzene rings is 1. The van der Waals surface area contributed by atoms with Crippen LogP contribution in [0.2, 0.25) is 0 Å². The third kappa shape index (κ3) is 5.86. The quantitative estimate of drug-likeness (QED) is 0.361. The molecular formula is C19H31IN4O3. The highest BCUT2D eigenvalue weighted by Crippen LogP contribution is 2.27. The normalized spacial score (nSPS) is 22.6. The fraction of sp³-hybridized carbons (Fsp3) is 0.632. The largest absolute Gasteiger partial charge is 0.493 e. The van der Waals surface area contributed by atoms with Gasteiger partial charge in [-0.25, -0.2) is 0 Å². The molecule has 2 N–H and O–H groups in total. The van der Waals surface area contributed by atoms with Crippen LogP contribution < -0.4 is 20.1 Å². The van der Waals surface area contributed by atoms with Crippen LogP contribution in [-0.4, -0.2) is 70.5 Å². The summed E-state index contributed by atoms with van der Waals surface area (Å²) in [7, 11) is 5.06. The minimum absolute atomic E-state index is 0. The van der Waals surface area contributed by atoms with E-state index in [4.69, 9.17) is 14.2 Å². The van der Waals surface area contributed by atoms with Gasteiger partial charge in [0.25, 0.3) is 0 Å². The summed E-state index contributed by atoms with van der Waals surface area (Å²) < 4.78 is 16.6. The Balaban J connectivity index is 0.00000261. The Bertz CT molecular complexity index is 629. The lowest BCUT2D eigenvalue weighted by Gasteiger charge is -2.35. The maximum Gasteiger partial charge on any atom is 0.191 e. The molecule has 152 valence electrons. The maximum atomic E-state index is 5.99. The second-order valence-electron chi connectivity index (χ2n) is 6.74. The Morgan fingerprint density at radius 2 is 2.07 bits per heavy atom. The van der Waals surface area contributed by atoms with Crippen molar-refractivity contribution < 1.29 is 14.2 Å². The second kappa shape index (κ2) is 10.9. The number of aliphatic imine (C=N–C) groups is 1. The van der Waals surface area contributed by atoms with Crippen LogP contribution in [0.1, 0.15) is 18.4 Å². The molecule has 0 bridgehead atoms. The molecule has 0 saturated carbocycles. The van der Waals surface area contributed by atoms with Crippen LogP contribution in [0.25, 0.3) is 0 Å². The maximum absolute atomic E-state index is 5.99. The second-order valence-corrected chi connectivity index (χ2v) is 6.74. The highest BCUT2D eigenvalue weighted by Gasteiger charge is 2.32. The molecule has 0 aliphatic carbocycles. The number of halogens is 1. The lowest BCUT2D eigenvalue weighted by atomic mass is 10.2. The predicted octanol–water partition coefficient (Wildman–Crippen LogP) is 1.85. The summed E-state index contributed by atoms with van der Waals surface area (Å²) in [6.45, 7) is 4.47. The smallest absolute Gasteiger partial charge is 0.191 e. The van der Waals surface area contributed by atoms with E-state index in [2.05, 4.69) is 20.5 Å². The number of ether oxygens (including phenoxy) is 3. The van der Waals surface area contributed by atoms with Crippen LogP contribution in [-0.2, 0) is 11.3 Å². The highest BCUT2D eigenvalue weighted by molar-refractivity contribution is 14.0. The van der Waals surface area contributed by atoms with Crippen LogP contribution in [0.3, 0.4) is 0 Å². The molecular weight excluding hydrogens is 459 g/mol. The van der Waals surface area contributed by atoms with E-state index in [1.165, 1.54) is 19.4 Å². The Morgan fingerprint density at radius 3 is 2.81 bits per heavy atom. The number of methoxy groups -OCH3 is 2. The molecule has 27 heavy (non-hydrogen) atoms. The number of rotatable bonds is 6. The minimum Gasteiger partial charge on any atom is -0.493 e. The van der Waals surface area contributed by atoms with E-state index in [1.807, 2.05) is 18.2 Å². The van der Waals surface area contributed by atoms with Crippen molar-refractivity contribution in [2.24, 2.45) is 4.99 Å². The zero-order valence-corrected chi connectivity index (χ0v) is 18.7. The van der Waals surface area contributed by atoms with Crippen LogP contribution >= 0.6 is 24.0 Å². The van der Waals surface area contributed by atoms with E-state index >= 15 is 0 Å². The van der Waals surface area contributed by atoms with Gasteiger partial charge in [0.15, 0.2) is 17.5 Å². The molecule has 1 aromatic carbocycles. The molecule has 0 aromatic heterocycles. The first kappa shape index (κ1) is 22.0. The fourth-order valence-corrected chi connectivity index (χ4v) is 3.62. The molecule has 2 unspecified atom stereocenters. The van der Waals surface area contributed by atoms with Crippen molar-refractivity contribution >= 4 is 29.9 Å². The summed E-state index contributed by atoms with van der Waals surface area (Å²) in [5.74, 6) is 2.23. The summed E-state index contributed by atoms with van der Waals surface area (Å²) in [6.07, 6.45) is 2.78. The number of nitrogens with one attached hydrogen (secondary N) is 2. The molecule has 7 nitrogen and oxygen atoms in total. The minimum atomic E-state index is 0. The van der Waals surface area contributed by atoms with Crippen LogP contribution in [0, 0.1) is 0 Å². The summed E-state index contributed by atoms with van der Waals surface area (Å²) in [6, 6.07) is 6.53. The van der Waals surface area contributed by atoms with Gasteiger partial charge in [-0.1, -0.05) is 6.07 Å². The molecule has 2 aliphatic rings. The SMILES string of the molecule is CN=C(NCc1ccc(OC)c(OC)c1)NCC1CN2CCCC2CO1.I. The molecule has 2 fully saturated rings. The zero-order valence-electron chi connectivity index (χ0n) is 16.4. The molecule has 2 aliphatic heterocycles. The number of morpholine rings is 1. The first-order chi connectivity index (χ1) is 12.7. The van der Waals surface area contributed by atoms with E-state index in [0.29, 0.717) is 12.6 Å². The number of fused-ring (bicyclic) bond motifs is 1. The topological polar surface area (TPSA) is 67.4 Å². The van der Waals surface area contributed by atoms with Gasteiger partial charge in [-0.2, -0.15) is 0 Å². The lowest BCUT2D eigenvalue weighted by Crippen LogP contribution is -2.51. The van der Waals surface area contributed by atoms with Crippen LogP contribution in [0.5, 0.6) is 11.5 Å². The van der Waals surface area contributed by atoms with Gasteiger partial charge in [-0.15, -0.1) is 24.0 Å². The predicted molar refractivity (Wildman–Crippen MR) is 117 cm³/mol. The van der Waals surface area contributed by atoms with Crippen molar-refractivity contribution in [1.29, 1.82) is 0 Å². The third-order valence-electron chi connectivity index (χ3n) is 5.09. The molecule has 2 atom stereocenters. The van der Waals surface area contributed by atoms with Crippen molar-refractivity contribution in [3.63, 3.8) is 0 Å². The monoisotopic (exact) mass is 490 g/mol. The summed E-state index contributed by atoms with van der Waals surface area (Å²) >= 11 is 0. The van der Waals surface area contributed by atoms with E-state index in [1.54, 1.807) is 21.3 Å². The fourth-order valence-electron chi connectivity index (χ4n) is 3.62. The van der Waals surface area contributed by atoms with Gasteiger partial charge >= 0.3 is 0 Å². The Kier molecular flexibility index (Phi) is 8.91. The number of hydrogen-bond acceptors (Lipinski definition) is 5. The van der Waals surface area contributed by atoms with Gasteiger partial charge in [0.05, 0.1) is 26.9 Å². The molecule has 0 spiro atoms. The third-order valence-corrected chi connectivity index (χ3v) is 5.09. The standard InChI is InChI=1S/C19H30N4O3.HI/c1-20-19(21-10-14-6-7-17(24-2)18(9-14)25-3)22-11-16-12-23-8-4-5-15(23)13-26-16;/h6-7,9,15-16H,4-5,8,10-13H2,1-3H3,(H2,20,21,22);1H. The van der Waals surface area contributed by atoms with Gasteiger partial charge in [0.1, 0.15) is 0 Å². The van der Waals surface area contributed by atoms with Crippen molar-refractivity contribution in [1.82, 2.24) is 15.5 Å². The van der Waals surface area contributed by atoms with Gasteiger partial charge < -0.3 is 24.8 Å². The van der Waals surface area contributed by atoms with E-state index < -0.39 is 0 Å². The average molecular weight is 490 g/mol. The average Bonchev–Trinajstić information content (AvgIpc) is 3.15. The summed E-state index contributed by atoms with van der Waals surface area (Å²) in [5, 5.41) is 6.71. The Labute approximate surface area is 178 Å². The molecule has 8 heteroatoms. The van der Waals surface area contributed by atoms with Crippen molar-refractivity contribution in [2.75, 3.05) is 47.5 Å². The molecule has 2 saturated heterocycles. The molecule has 0 radical (unpaired) electrons. The van der Waals surface area contributed by atoms with Crippen LogP contribution in [0.15, 0.2) is 23.2 Å².